The Morgan fingerprint density at radius 2 is 2.41 bits per heavy atom. The maximum absolute atomic E-state index is 13.5. The van der Waals surface area contributed by atoms with Crippen molar-refractivity contribution in [3.63, 3.8) is 0 Å². The van der Waals surface area contributed by atoms with Crippen LogP contribution in [0.25, 0.3) is 0 Å². The summed E-state index contributed by atoms with van der Waals surface area (Å²) in [6, 6.07) is 1.27. The fraction of sp³-hybridized carbons (Fsp3) is 0.273. The van der Waals surface area contributed by atoms with Crippen LogP contribution in [-0.2, 0) is 6.54 Å². The molecular formula is C11H12ClFN4. The van der Waals surface area contributed by atoms with Crippen LogP contribution in [0.1, 0.15) is 6.92 Å². The normalized spacial score (nSPS) is 12.4. The predicted octanol–water partition coefficient (Wildman–Crippen LogP) is 2.57. The van der Waals surface area contributed by atoms with Crippen molar-refractivity contribution in [1.29, 1.82) is 0 Å². The van der Waals surface area contributed by atoms with Crippen LogP contribution >= 0.6 is 11.6 Å². The molecule has 2 aromatic rings. The van der Waals surface area contributed by atoms with Crippen molar-refractivity contribution in [2.24, 2.45) is 0 Å². The van der Waals surface area contributed by atoms with E-state index in [2.05, 4.69) is 15.3 Å². The van der Waals surface area contributed by atoms with E-state index < -0.39 is 5.82 Å². The SMILES string of the molecule is CC(Cn1ccnc1)Nc1ncc(Cl)cc1F. The largest absolute Gasteiger partial charge is 0.363 e. The highest BCUT2D eigenvalue weighted by atomic mass is 35.5. The lowest BCUT2D eigenvalue weighted by atomic mass is 10.3. The molecule has 1 N–H and O–H groups in total. The van der Waals surface area contributed by atoms with E-state index in [0.717, 1.165) is 0 Å². The van der Waals surface area contributed by atoms with Crippen LogP contribution in [0.4, 0.5) is 10.2 Å². The van der Waals surface area contributed by atoms with E-state index in [1.807, 2.05) is 17.7 Å². The van der Waals surface area contributed by atoms with Crippen molar-refractivity contribution in [2.45, 2.75) is 19.5 Å². The minimum atomic E-state index is -0.449. The van der Waals surface area contributed by atoms with Crippen LogP contribution in [0.15, 0.2) is 31.0 Å². The number of aromatic nitrogens is 3. The first-order valence-corrected chi connectivity index (χ1v) is 5.56. The molecule has 0 amide bonds. The van der Waals surface area contributed by atoms with Gasteiger partial charge in [0.15, 0.2) is 11.6 Å². The van der Waals surface area contributed by atoms with Gasteiger partial charge >= 0.3 is 0 Å². The number of imidazole rings is 1. The van der Waals surface area contributed by atoms with Crippen LogP contribution < -0.4 is 5.32 Å². The number of hydrogen-bond donors (Lipinski definition) is 1. The average Bonchev–Trinajstić information content (AvgIpc) is 2.75. The molecule has 0 aliphatic heterocycles. The number of hydrogen-bond acceptors (Lipinski definition) is 3. The number of halogens is 2. The summed E-state index contributed by atoms with van der Waals surface area (Å²) in [4.78, 5) is 7.84. The standard InChI is InChI=1S/C11H12ClFN4/c1-8(6-17-3-2-14-7-17)16-11-10(13)4-9(12)5-15-11/h2-5,7-8H,6H2,1H3,(H,15,16). The molecule has 4 nitrogen and oxygen atoms in total. The van der Waals surface area contributed by atoms with Gasteiger partial charge in [0.2, 0.25) is 0 Å². The highest BCUT2D eigenvalue weighted by Gasteiger charge is 2.08. The Morgan fingerprint density at radius 3 is 3.06 bits per heavy atom. The molecule has 17 heavy (non-hydrogen) atoms. The van der Waals surface area contributed by atoms with Crippen LogP contribution in [0.2, 0.25) is 5.02 Å². The van der Waals surface area contributed by atoms with Gasteiger partial charge in [0.1, 0.15) is 0 Å². The third-order valence-electron chi connectivity index (χ3n) is 2.23. The van der Waals surface area contributed by atoms with Gasteiger partial charge in [-0.3, -0.25) is 0 Å². The van der Waals surface area contributed by atoms with Gasteiger partial charge in [0, 0.05) is 31.2 Å². The Balaban J connectivity index is 2.00. The minimum absolute atomic E-state index is 0.0346. The number of anilines is 1. The van der Waals surface area contributed by atoms with E-state index in [9.17, 15) is 4.39 Å². The lowest BCUT2D eigenvalue weighted by Crippen LogP contribution is -2.22. The molecule has 0 saturated carbocycles. The molecule has 1 atom stereocenters. The molecule has 0 aromatic carbocycles. The zero-order valence-electron chi connectivity index (χ0n) is 9.27. The summed E-state index contributed by atoms with van der Waals surface area (Å²) in [5, 5.41) is 3.27. The van der Waals surface area contributed by atoms with E-state index in [1.54, 1.807) is 12.5 Å². The monoisotopic (exact) mass is 254 g/mol. The van der Waals surface area contributed by atoms with Crippen LogP contribution in [0.3, 0.4) is 0 Å². The fourth-order valence-corrected chi connectivity index (χ4v) is 1.66. The molecule has 0 saturated heterocycles. The molecule has 0 aliphatic carbocycles. The van der Waals surface area contributed by atoms with Crippen molar-refractivity contribution < 1.29 is 4.39 Å². The smallest absolute Gasteiger partial charge is 0.166 e. The third kappa shape index (κ3) is 3.17. The second kappa shape index (κ2) is 5.14. The summed E-state index contributed by atoms with van der Waals surface area (Å²) in [5.74, 6) is -0.239. The Kier molecular flexibility index (Phi) is 3.58. The van der Waals surface area contributed by atoms with Crippen molar-refractivity contribution >= 4 is 17.4 Å². The van der Waals surface area contributed by atoms with E-state index in [0.29, 0.717) is 6.54 Å². The van der Waals surface area contributed by atoms with E-state index in [-0.39, 0.29) is 16.9 Å². The molecule has 90 valence electrons. The first kappa shape index (κ1) is 11.9. The zero-order valence-corrected chi connectivity index (χ0v) is 10.0. The topological polar surface area (TPSA) is 42.7 Å². The first-order chi connectivity index (χ1) is 8.15. The minimum Gasteiger partial charge on any atom is -0.363 e. The summed E-state index contributed by atoms with van der Waals surface area (Å²) in [6.07, 6.45) is 6.68. The van der Waals surface area contributed by atoms with Crippen molar-refractivity contribution in [1.82, 2.24) is 14.5 Å². The molecule has 2 heterocycles. The van der Waals surface area contributed by atoms with Gasteiger partial charge in [-0.05, 0) is 13.0 Å². The lowest BCUT2D eigenvalue weighted by molar-refractivity contribution is 0.594. The summed E-state index contributed by atoms with van der Waals surface area (Å²) in [7, 11) is 0. The second-order valence-corrected chi connectivity index (χ2v) is 4.23. The van der Waals surface area contributed by atoms with Gasteiger partial charge in [0.05, 0.1) is 11.3 Å². The number of nitrogens with zero attached hydrogens (tertiary/aromatic N) is 3. The van der Waals surface area contributed by atoms with Gasteiger partial charge in [-0.15, -0.1) is 0 Å². The summed E-state index contributed by atoms with van der Waals surface area (Å²) < 4.78 is 15.4. The predicted molar refractivity (Wildman–Crippen MR) is 64.5 cm³/mol. The van der Waals surface area contributed by atoms with Crippen LogP contribution in [-0.4, -0.2) is 20.6 Å². The Hall–Kier alpha value is -1.62. The summed E-state index contributed by atoms with van der Waals surface area (Å²) >= 11 is 5.63. The fourth-order valence-electron chi connectivity index (χ4n) is 1.51. The van der Waals surface area contributed by atoms with E-state index in [1.165, 1.54) is 12.3 Å². The van der Waals surface area contributed by atoms with Gasteiger partial charge in [-0.1, -0.05) is 11.6 Å². The van der Waals surface area contributed by atoms with Crippen molar-refractivity contribution in [2.75, 3.05) is 5.32 Å². The number of nitrogens with one attached hydrogen (secondary N) is 1. The zero-order chi connectivity index (χ0) is 12.3. The lowest BCUT2D eigenvalue weighted by Gasteiger charge is -2.15. The second-order valence-electron chi connectivity index (χ2n) is 3.79. The quantitative estimate of drug-likeness (QED) is 0.912. The number of pyridine rings is 1. The Bertz CT molecular complexity index is 486. The third-order valence-corrected chi connectivity index (χ3v) is 2.44. The molecule has 6 heteroatoms. The molecule has 1 unspecified atom stereocenters. The summed E-state index contributed by atoms with van der Waals surface area (Å²) in [5.41, 5.74) is 0. The maximum Gasteiger partial charge on any atom is 0.166 e. The molecule has 0 fully saturated rings. The molecule has 0 aliphatic rings. The van der Waals surface area contributed by atoms with Crippen molar-refractivity contribution in [3.8, 4) is 0 Å². The van der Waals surface area contributed by atoms with Crippen LogP contribution in [0.5, 0.6) is 0 Å². The van der Waals surface area contributed by atoms with Gasteiger partial charge in [-0.25, -0.2) is 14.4 Å². The van der Waals surface area contributed by atoms with Gasteiger partial charge in [-0.2, -0.15) is 0 Å². The highest BCUT2D eigenvalue weighted by Crippen LogP contribution is 2.16. The molecule has 2 aromatic heterocycles. The van der Waals surface area contributed by atoms with Crippen LogP contribution in [0, 0.1) is 5.82 Å². The van der Waals surface area contributed by atoms with E-state index in [4.69, 9.17) is 11.6 Å². The summed E-state index contributed by atoms with van der Waals surface area (Å²) in [6.45, 7) is 2.62. The number of rotatable bonds is 4. The Labute approximate surface area is 103 Å². The van der Waals surface area contributed by atoms with Crippen molar-refractivity contribution in [3.05, 3.63) is 41.8 Å². The highest BCUT2D eigenvalue weighted by molar-refractivity contribution is 6.30. The molecule has 0 bridgehead atoms. The molecule has 0 radical (unpaired) electrons. The van der Waals surface area contributed by atoms with Gasteiger partial charge < -0.3 is 9.88 Å². The first-order valence-electron chi connectivity index (χ1n) is 5.18. The molecular weight excluding hydrogens is 243 g/mol. The van der Waals surface area contributed by atoms with E-state index >= 15 is 0 Å². The maximum atomic E-state index is 13.5. The molecule has 0 spiro atoms. The Morgan fingerprint density at radius 1 is 1.59 bits per heavy atom. The molecule has 2 rings (SSSR count). The van der Waals surface area contributed by atoms with Gasteiger partial charge in [0.25, 0.3) is 0 Å². The average molecular weight is 255 g/mol.